The Morgan fingerprint density at radius 3 is 2.74 bits per heavy atom. The fourth-order valence-electron chi connectivity index (χ4n) is 1.17. The van der Waals surface area contributed by atoms with Crippen LogP contribution in [-0.4, -0.2) is 36.2 Å². The van der Waals surface area contributed by atoms with E-state index in [1.807, 2.05) is 13.8 Å². The lowest BCUT2D eigenvalue weighted by molar-refractivity contribution is -0.131. The molecule has 0 aromatic carbocycles. The van der Waals surface area contributed by atoms with Crippen molar-refractivity contribution in [2.75, 3.05) is 13.7 Å². The fraction of sp³-hybridized carbons (Fsp3) is 0.385. The van der Waals surface area contributed by atoms with Gasteiger partial charge in [0.1, 0.15) is 0 Å². The van der Waals surface area contributed by atoms with Crippen LogP contribution in [0.3, 0.4) is 0 Å². The number of thiophene rings is 1. The lowest BCUT2D eigenvalue weighted by Gasteiger charge is -2.22. The van der Waals surface area contributed by atoms with Crippen molar-refractivity contribution in [2.45, 2.75) is 19.4 Å². The third-order valence-corrected chi connectivity index (χ3v) is 3.52. The Morgan fingerprint density at radius 2 is 2.16 bits per heavy atom. The van der Waals surface area contributed by atoms with Crippen LogP contribution in [0, 0.1) is 0 Å². The predicted octanol–water partition coefficient (Wildman–Crippen LogP) is 2.00. The topological polar surface area (TPSA) is 75.6 Å². The summed E-state index contributed by atoms with van der Waals surface area (Å²) in [6.45, 7) is 4.16. The molecule has 0 atom stereocenters. The van der Waals surface area contributed by atoms with Gasteiger partial charge in [-0.2, -0.15) is 0 Å². The van der Waals surface area contributed by atoms with E-state index < -0.39 is 11.6 Å². The van der Waals surface area contributed by atoms with E-state index in [1.54, 1.807) is 19.2 Å². The van der Waals surface area contributed by atoms with E-state index in [1.165, 1.54) is 17.4 Å². The molecule has 5 nitrogen and oxygen atoms in total. The van der Waals surface area contributed by atoms with E-state index >= 15 is 0 Å². The second-order valence-electron chi connectivity index (χ2n) is 4.52. The van der Waals surface area contributed by atoms with Crippen LogP contribution in [0.15, 0.2) is 18.2 Å². The molecule has 0 saturated carbocycles. The van der Waals surface area contributed by atoms with E-state index in [4.69, 9.17) is 9.84 Å². The van der Waals surface area contributed by atoms with Gasteiger partial charge in [0.2, 0.25) is 0 Å². The summed E-state index contributed by atoms with van der Waals surface area (Å²) in [7, 11) is 1.59. The Kier molecular flexibility index (Phi) is 5.26. The molecule has 6 heteroatoms. The average Bonchev–Trinajstić information content (AvgIpc) is 2.82. The number of carbonyl (C=O) groups excluding carboxylic acids is 1. The molecule has 0 aliphatic rings. The first-order chi connectivity index (χ1) is 8.84. The van der Waals surface area contributed by atoms with E-state index in [0.717, 1.165) is 11.0 Å². The van der Waals surface area contributed by atoms with Crippen molar-refractivity contribution in [1.29, 1.82) is 0 Å². The highest BCUT2D eigenvalue weighted by molar-refractivity contribution is 7.14. The van der Waals surface area contributed by atoms with Crippen LogP contribution in [-0.2, 0) is 9.53 Å². The quantitative estimate of drug-likeness (QED) is 0.783. The van der Waals surface area contributed by atoms with Gasteiger partial charge >= 0.3 is 5.97 Å². The van der Waals surface area contributed by atoms with Gasteiger partial charge < -0.3 is 15.2 Å². The molecule has 0 bridgehead atoms. The van der Waals surface area contributed by atoms with Crippen LogP contribution >= 0.6 is 11.3 Å². The SMILES string of the molecule is COC(C)(C)CNC(=O)c1ccc(/C=C/C(=O)O)s1. The molecule has 0 aliphatic carbocycles. The van der Waals surface area contributed by atoms with Gasteiger partial charge in [0, 0.05) is 24.6 Å². The summed E-state index contributed by atoms with van der Waals surface area (Å²) in [6.07, 6.45) is 2.50. The maximum atomic E-state index is 11.9. The van der Waals surface area contributed by atoms with Gasteiger partial charge in [0.05, 0.1) is 10.5 Å². The number of methoxy groups -OCH3 is 1. The summed E-state index contributed by atoms with van der Waals surface area (Å²) in [6, 6.07) is 3.38. The molecule has 0 unspecified atom stereocenters. The number of aliphatic carboxylic acids is 1. The summed E-state index contributed by atoms with van der Waals surface area (Å²) in [4.78, 5) is 23.5. The van der Waals surface area contributed by atoms with Crippen molar-refractivity contribution >= 4 is 29.3 Å². The lowest BCUT2D eigenvalue weighted by Crippen LogP contribution is -2.39. The van der Waals surface area contributed by atoms with E-state index in [2.05, 4.69) is 5.32 Å². The van der Waals surface area contributed by atoms with Gasteiger partial charge in [-0.15, -0.1) is 11.3 Å². The molecular weight excluding hydrogens is 266 g/mol. The number of carbonyl (C=O) groups is 2. The maximum Gasteiger partial charge on any atom is 0.328 e. The molecule has 0 saturated heterocycles. The second kappa shape index (κ2) is 6.49. The molecular formula is C13H17NO4S. The molecule has 0 fully saturated rings. The van der Waals surface area contributed by atoms with Crippen LogP contribution < -0.4 is 5.32 Å². The molecule has 1 heterocycles. The largest absolute Gasteiger partial charge is 0.478 e. The Morgan fingerprint density at radius 1 is 1.47 bits per heavy atom. The Balaban J connectivity index is 2.61. The highest BCUT2D eigenvalue weighted by Crippen LogP contribution is 2.18. The number of ether oxygens (including phenoxy) is 1. The van der Waals surface area contributed by atoms with Gasteiger partial charge in [0.25, 0.3) is 5.91 Å². The summed E-state index contributed by atoms with van der Waals surface area (Å²) in [5.74, 6) is -1.20. The number of carboxylic acid groups (broad SMARTS) is 1. The average molecular weight is 283 g/mol. The van der Waals surface area contributed by atoms with E-state index in [9.17, 15) is 9.59 Å². The fourth-order valence-corrected chi connectivity index (χ4v) is 2.00. The molecule has 1 rings (SSSR count). The highest BCUT2D eigenvalue weighted by atomic mass is 32.1. The molecule has 0 spiro atoms. The molecule has 0 radical (unpaired) electrons. The molecule has 1 amide bonds. The molecule has 19 heavy (non-hydrogen) atoms. The van der Waals surface area contributed by atoms with Crippen LogP contribution in [0.5, 0.6) is 0 Å². The normalized spacial score (nSPS) is 11.7. The predicted molar refractivity (Wildman–Crippen MR) is 74.4 cm³/mol. The number of hydrogen-bond acceptors (Lipinski definition) is 4. The first-order valence-electron chi connectivity index (χ1n) is 5.68. The minimum Gasteiger partial charge on any atom is -0.478 e. The molecule has 104 valence electrons. The first kappa shape index (κ1) is 15.4. The Bertz CT molecular complexity index is 491. The number of nitrogens with one attached hydrogen (secondary N) is 1. The zero-order valence-corrected chi connectivity index (χ0v) is 11.9. The summed E-state index contributed by atoms with van der Waals surface area (Å²) in [5, 5.41) is 11.3. The second-order valence-corrected chi connectivity index (χ2v) is 5.64. The van der Waals surface area contributed by atoms with Crippen molar-refractivity contribution in [3.8, 4) is 0 Å². The number of amides is 1. The third kappa shape index (κ3) is 5.23. The van der Waals surface area contributed by atoms with Crippen molar-refractivity contribution in [2.24, 2.45) is 0 Å². The summed E-state index contributed by atoms with van der Waals surface area (Å²) < 4.78 is 5.21. The Labute approximate surface area is 115 Å². The van der Waals surface area contributed by atoms with Crippen LogP contribution in [0.1, 0.15) is 28.4 Å². The van der Waals surface area contributed by atoms with Crippen LogP contribution in [0.2, 0.25) is 0 Å². The smallest absolute Gasteiger partial charge is 0.328 e. The molecule has 0 aliphatic heterocycles. The van der Waals surface area contributed by atoms with E-state index in [-0.39, 0.29) is 5.91 Å². The zero-order chi connectivity index (χ0) is 14.5. The lowest BCUT2D eigenvalue weighted by atomic mass is 10.1. The van der Waals surface area contributed by atoms with E-state index in [0.29, 0.717) is 11.4 Å². The number of rotatable bonds is 6. The van der Waals surface area contributed by atoms with Gasteiger partial charge in [-0.3, -0.25) is 4.79 Å². The summed E-state index contributed by atoms with van der Waals surface area (Å²) in [5.41, 5.74) is -0.418. The standard InChI is InChI=1S/C13H17NO4S/c1-13(2,18-3)8-14-12(17)10-6-4-9(19-10)5-7-11(15)16/h4-7H,8H2,1-3H3,(H,14,17)(H,15,16)/b7-5+. The van der Waals surface area contributed by atoms with Gasteiger partial charge in [-0.25, -0.2) is 4.79 Å². The number of hydrogen-bond donors (Lipinski definition) is 2. The summed E-state index contributed by atoms with van der Waals surface area (Å²) >= 11 is 1.24. The molecule has 1 aromatic heterocycles. The monoisotopic (exact) mass is 283 g/mol. The highest BCUT2D eigenvalue weighted by Gasteiger charge is 2.18. The van der Waals surface area contributed by atoms with Crippen molar-refractivity contribution in [3.05, 3.63) is 28.0 Å². The molecule has 1 aromatic rings. The minimum absolute atomic E-state index is 0.190. The molecule has 2 N–H and O–H groups in total. The third-order valence-electron chi connectivity index (χ3n) is 2.47. The first-order valence-corrected chi connectivity index (χ1v) is 6.50. The van der Waals surface area contributed by atoms with Crippen LogP contribution in [0.4, 0.5) is 0 Å². The van der Waals surface area contributed by atoms with Crippen molar-refractivity contribution in [1.82, 2.24) is 5.32 Å². The minimum atomic E-state index is -1.01. The number of carboxylic acids is 1. The van der Waals surface area contributed by atoms with Crippen molar-refractivity contribution in [3.63, 3.8) is 0 Å². The maximum absolute atomic E-state index is 11.9. The Hall–Kier alpha value is -1.66. The van der Waals surface area contributed by atoms with Gasteiger partial charge in [0.15, 0.2) is 0 Å². The van der Waals surface area contributed by atoms with Crippen LogP contribution in [0.25, 0.3) is 6.08 Å². The van der Waals surface area contributed by atoms with Gasteiger partial charge in [-0.1, -0.05) is 0 Å². The zero-order valence-electron chi connectivity index (χ0n) is 11.1. The van der Waals surface area contributed by atoms with Crippen molar-refractivity contribution < 1.29 is 19.4 Å². The van der Waals surface area contributed by atoms with Gasteiger partial charge in [-0.05, 0) is 32.1 Å².